The number of hydrogen-bond donors (Lipinski definition) is 0. The van der Waals surface area contributed by atoms with Gasteiger partial charge in [0, 0.05) is 28.3 Å². The molecular formula is C20H20Br3P. The molecule has 0 unspecified atom stereocenters. The lowest BCUT2D eigenvalue weighted by atomic mass is 10.4. The van der Waals surface area contributed by atoms with Crippen LogP contribution in [-0.2, 0) is 0 Å². The lowest BCUT2D eigenvalue weighted by Gasteiger charge is -2.26. The molecule has 0 amide bonds. The van der Waals surface area contributed by atoms with E-state index in [1.807, 2.05) is 0 Å². The molecular weight excluding hydrogens is 511 g/mol. The molecule has 0 aliphatic carbocycles. The van der Waals surface area contributed by atoms with Gasteiger partial charge in [-0.25, -0.2) is 0 Å². The van der Waals surface area contributed by atoms with E-state index in [1.54, 1.807) is 0 Å². The molecule has 0 radical (unpaired) electrons. The van der Waals surface area contributed by atoms with E-state index in [1.165, 1.54) is 15.9 Å². The summed E-state index contributed by atoms with van der Waals surface area (Å²) in [5.41, 5.74) is 0. The fourth-order valence-corrected chi connectivity index (χ4v) is 7.08. The van der Waals surface area contributed by atoms with Crippen molar-refractivity contribution in [3.05, 3.63) is 91.0 Å². The van der Waals surface area contributed by atoms with Gasteiger partial charge in [0.05, 0.1) is 6.16 Å². The van der Waals surface area contributed by atoms with Gasteiger partial charge >= 0.3 is 0 Å². The third-order valence-electron chi connectivity index (χ3n) is 4.07. The zero-order valence-electron chi connectivity index (χ0n) is 13.4. The maximum absolute atomic E-state index is 2.75. The summed E-state index contributed by atoms with van der Waals surface area (Å²) < 4.78 is 0. The highest BCUT2D eigenvalue weighted by atomic mass is 80.9. The first-order chi connectivity index (χ1) is 11.4. The van der Waals surface area contributed by atoms with Crippen molar-refractivity contribution in [1.29, 1.82) is 0 Å². The summed E-state index contributed by atoms with van der Waals surface area (Å²) in [6.45, 7) is 2.32. The van der Waals surface area contributed by atoms with Gasteiger partial charge in [-0.3, -0.25) is 0 Å². The topological polar surface area (TPSA) is 0 Å². The molecule has 0 nitrogen and oxygen atoms in total. The van der Waals surface area contributed by atoms with Crippen molar-refractivity contribution in [2.45, 2.75) is 6.92 Å². The van der Waals surface area contributed by atoms with E-state index in [4.69, 9.17) is 0 Å². The monoisotopic (exact) mass is 528 g/mol. The van der Waals surface area contributed by atoms with E-state index >= 15 is 0 Å². The van der Waals surface area contributed by atoms with Gasteiger partial charge in [-0.1, -0.05) is 54.6 Å². The molecule has 0 N–H and O–H groups in total. The zero-order chi connectivity index (χ0) is 16.5. The summed E-state index contributed by atoms with van der Waals surface area (Å²) in [4.78, 5) is 0. The minimum absolute atomic E-state index is 0. The average Bonchev–Trinajstić information content (AvgIpc) is 2.67. The highest BCUT2D eigenvalue weighted by Crippen LogP contribution is 2.54. The Bertz CT molecular complexity index is 591. The van der Waals surface area contributed by atoms with E-state index in [0.29, 0.717) is 0 Å². The fraction of sp³-hybridized carbons (Fsp3) is 0.100. The number of halogens is 3. The molecule has 0 aliphatic rings. The molecule has 0 saturated carbocycles. The minimum Gasteiger partial charge on any atom is -1.00 e. The lowest BCUT2D eigenvalue weighted by molar-refractivity contribution is -0.00000429. The van der Waals surface area contributed by atoms with Crippen molar-refractivity contribution in [3.8, 4) is 0 Å². The molecule has 0 bridgehead atoms. The largest absolute Gasteiger partial charge is 1.00 e. The highest BCUT2D eigenvalue weighted by molar-refractivity contribution is 9.93. The van der Waals surface area contributed by atoms with Crippen LogP contribution in [0.15, 0.2) is 91.0 Å². The van der Waals surface area contributed by atoms with Crippen molar-refractivity contribution in [1.82, 2.24) is 0 Å². The van der Waals surface area contributed by atoms with E-state index < -0.39 is 7.26 Å². The summed E-state index contributed by atoms with van der Waals surface area (Å²) in [5.74, 6) is 0. The Labute approximate surface area is 171 Å². The molecule has 24 heavy (non-hydrogen) atoms. The Kier molecular flexibility index (Phi) is 10.1. The second kappa shape index (κ2) is 11.2. The first kappa shape index (κ1) is 21.6. The third kappa shape index (κ3) is 4.58. The van der Waals surface area contributed by atoms with Crippen LogP contribution >= 0.6 is 35.5 Å². The molecule has 3 aromatic carbocycles. The molecule has 0 fully saturated rings. The molecule has 3 rings (SSSR count). The third-order valence-corrected chi connectivity index (χ3v) is 8.55. The van der Waals surface area contributed by atoms with Crippen LogP contribution in [-0.4, -0.2) is 6.16 Å². The van der Waals surface area contributed by atoms with Crippen molar-refractivity contribution in [2.75, 3.05) is 6.16 Å². The van der Waals surface area contributed by atoms with Gasteiger partial charge in [-0.2, -0.15) is 0 Å². The Hall–Kier alpha value is -0.470. The van der Waals surface area contributed by atoms with Crippen molar-refractivity contribution in [3.63, 3.8) is 0 Å². The molecule has 3 aromatic rings. The smallest absolute Gasteiger partial charge is 0.111 e. The van der Waals surface area contributed by atoms with Crippen LogP contribution in [0.4, 0.5) is 0 Å². The van der Waals surface area contributed by atoms with Gasteiger partial charge in [-0.05, 0) is 43.3 Å². The first-order valence-corrected chi connectivity index (χ1v) is 13.3. The lowest BCUT2D eigenvalue weighted by Crippen LogP contribution is -3.00. The van der Waals surface area contributed by atoms with Gasteiger partial charge in [-0.15, -0.1) is 0 Å². The molecule has 0 spiro atoms. The van der Waals surface area contributed by atoms with E-state index in [2.05, 4.69) is 126 Å². The number of hydrogen-bond acceptors (Lipinski definition) is 0. The highest BCUT2D eigenvalue weighted by Gasteiger charge is 2.43. The van der Waals surface area contributed by atoms with E-state index in [0.717, 1.165) is 6.16 Å². The van der Waals surface area contributed by atoms with Gasteiger partial charge in [0.15, 0.2) is 0 Å². The molecule has 126 valence electrons. The van der Waals surface area contributed by atoms with Crippen molar-refractivity contribution < 1.29 is 17.0 Å². The fourth-order valence-electron chi connectivity index (χ4n) is 3.04. The molecule has 0 atom stereocenters. The zero-order valence-corrected chi connectivity index (χ0v) is 19.1. The maximum atomic E-state index is 2.75. The predicted octanol–water partition coefficient (Wildman–Crippen LogP) is 2.70. The molecule has 0 aromatic heterocycles. The summed E-state index contributed by atoms with van der Waals surface area (Å²) in [6.07, 6.45) is 1.14. The molecule has 4 heteroatoms. The molecule has 0 aliphatic heterocycles. The minimum atomic E-state index is -1.53. The average molecular weight is 531 g/mol. The summed E-state index contributed by atoms with van der Waals surface area (Å²) >= 11 is 5.50. The van der Waals surface area contributed by atoms with Gasteiger partial charge in [0.1, 0.15) is 23.2 Å². The van der Waals surface area contributed by atoms with Crippen LogP contribution in [0.1, 0.15) is 6.92 Å². The molecule has 0 heterocycles. The van der Waals surface area contributed by atoms with Gasteiger partial charge in [0.25, 0.3) is 0 Å². The van der Waals surface area contributed by atoms with Crippen molar-refractivity contribution in [2.24, 2.45) is 0 Å². The van der Waals surface area contributed by atoms with Gasteiger partial charge < -0.3 is 17.0 Å². The van der Waals surface area contributed by atoms with Gasteiger partial charge in [0.2, 0.25) is 0 Å². The van der Waals surface area contributed by atoms with E-state index in [-0.39, 0.29) is 17.0 Å². The normalized spacial score (nSPS) is 10.1. The quantitative estimate of drug-likeness (QED) is 0.455. The SMILES string of the molecule is BrBr.CC[P+](c1ccccc1)(c1ccccc1)c1ccccc1.[Br-]. The Morgan fingerprint density at radius 3 is 1.04 bits per heavy atom. The number of rotatable bonds is 4. The van der Waals surface area contributed by atoms with Crippen LogP contribution < -0.4 is 32.9 Å². The Balaban J connectivity index is 0.000000925. The second-order valence-electron chi connectivity index (χ2n) is 5.13. The van der Waals surface area contributed by atoms with Crippen LogP contribution in [0.3, 0.4) is 0 Å². The van der Waals surface area contributed by atoms with Crippen LogP contribution in [0.5, 0.6) is 0 Å². The van der Waals surface area contributed by atoms with Crippen LogP contribution in [0, 0.1) is 0 Å². The summed E-state index contributed by atoms with van der Waals surface area (Å²) in [5, 5.41) is 4.39. The maximum Gasteiger partial charge on any atom is 0.111 e. The van der Waals surface area contributed by atoms with Crippen molar-refractivity contribution >= 4 is 51.4 Å². The second-order valence-corrected chi connectivity index (χ2v) is 8.93. The standard InChI is InChI=1S/C20H20P.Br2.BrH/c1-2-21(18-12-6-3-7-13-18,19-14-8-4-9-15-19)20-16-10-5-11-17-20;1-2;/h3-17H,2H2,1H3;;1H/q+1;;/p-1. The van der Waals surface area contributed by atoms with Crippen LogP contribution in [0.25, 0.3) is 0 Å². The molecule has 0 saturated heterocycles. The van der Waals surface area contributed by atoms with E-state index in [9.17, 15) is 0 Å². The Morgan fingerprint density at radius 2 is 0.833 bits per heavy atom. The number of benzene rings is 3. The predicted molar refractivity (Wildman–Crippen MR) is 114 cm³/mol. The first-order valence-electron chi connectivity index (χ1n) is 7.57. The summed E-state index contributed by atoms with van der Waals surface area (Å²) in [6, 6.07) is 33.0. The Morgan fingerprint density at radius 1 is 0.583 bits per heavy atom. The summed E-state index contributed by atoms with van der Waals surface area (Å²) in [7, 11) is -1.53. The van der Waals surface area contributed by atoms with Crippen LogP contribution in [0.2, 0.25) is 0 Å².